The van der Waals surface area contributed by atoms with Gasteiger partial charge in [-0.3, -0.25) is 0 Å². The van der Waals surface area contributed by atoms with E-state index in [4.69, 9.17) is 4.74 Å². The van der Waals surface area contributed by atoms with E-state index in [2.05, 4.69) is 17.1 Å². The summed E-state index contributed by atoms with van der Waals surface area (Å²) in [5, 5.41) is 3.45. The third-order valence-corrected chi connectivity index (χ3v) is 3.38. The molecule has 0 aromatic carbocycles. The molecule has 16 heavy (non-hydrogen) atoms. The number of unbranched alkanes of at least 4 members (excludes halogenated alkanes) is 2. The molecule has 1 unspecified atom stereocenters. The molecule has 1 aliphatic heterocycles. The Balaban J connectivity index is 1.94. The van der Waals surface area contributed by atoms with E-state index in [1.54, 1.807) is 7.11 Å². The monoisotopic (exact) mass is 228 g/mol. The minimum absolute atomic E-state index is 0.888. The molecular formula is C13H28N2O. The van der Waals surface area contributed by atoms with Crippen LogP contribution in [0, 0.1) is 5.92 Å². The van der Waals surface area contributed by atoms with E-state index in [1.165, 1.54) is 51.9 Å². The van der Waals surface area contributed by atoms with Crippen LogP contribution in [0.3, 0.4) is 0 Å². The highest BCUT2D eigenvalue weighted by atomic mass is 16.5. The molecule has 3 heteroatoms. The number of likely N-dealkylation sites (tertiary alicyclic amines) is 1. The first kappa shape index (κ1) is 13.9. The number of rotatable bonds is 9. The lowest BCUT2D eigenvalue weighted by molar-refractivity contribution is 0.190. The minimum Gasteiger partial charge on any atom is -0.385 e. The van der Waals surface area contributed by atoms with Gasteiger partial charge in [-0.15, -0.1) is 0 Å². The first-order valence-electron chi connectivity index (χ1n) is 6.78. The minimum atomic E-state index is 0.888. The molecule has 0 aliphatic carbocycles. The molecule has 1 saturated heterocycles. The van der Waals surface area contributed by atoms with Crippen LogP contribution in [0.25, 0.3) is 0 Å². The number of methoxy groups -OCH3 is 1. The third-order valence-electron chi connectivity index (χ3n) is 3.38. The van der Waals surface area contributed by atoms with Crippen molar-refractivity contribution in [3.05, 3.63) is 0 Å². The molecule has 96 valence electrons. The molecule has 1 aliphatic rings. The fourth-order valence-corrected chi connectivity index (χ4v) is 2.39. The summed E-state index contributed by atoms with van der Waals surface area (Å²) in [4.78, 5) is 2.62. The van der Waals surface area contributed by atoms with Crippen molar-refractivity contribution in [3.8, 4) is 0 Å². The number of nitrogens with zero attached hydrogens (tertiary/aromatic N) is 1. The largest absolute Gasteiger partial charge is 0.385 e. The Kier molecular flexibility index (Phi) is 7.81. The molecule has 1 heterocycles. The van der Waals surface area contributed by atoms with Crippen LogP contribution < -0.4 is 5.32 Å². The van der Waals surface area contributed by atoms with Crippen molar-refractivity contribution in [2.24, 2.45) is 5.92 Å². The van der Waals surface area contributed by atoms with E-state index in [-0.39, 0.29) is 0 Å². The van der Waals surface area contributed by atoms with Gasteiger partial charge in [-0.25, -0.2) is 0 Å². The molecule has 0 spiro atoms. The molecule has 3 nitrogen and oxygen atoms in total. The predicted octanol–water partition coefficient (Wildman–Crippen LogP) is 1.73. The van der Waals surface area contributed by atoms with Crippen LogP contribution >= 0.6 is 0 Å². The number of hydrogen-bond donors (Lipinski definition) is 1. The Morgan fingerprint density at radius 3 is 2.94 bits per heavy atom. The molecule has 0 radical (unpaired) electrons. The Morgan fingerprint density at radius 1 is 1.31 bits per heavy atom. The Hall–Kier alpha value is -0.120. The second-order valence-corrected chi connectivity index (χ2v) is 4.82. The molecule has 1 N–H and O–H groups in total. The van der Waals surface area contributed by atoms with Crippen molar-refractivity contribution in [1.82, 2.24) is 10.2 Å². The van der Waals surface area contributed by atoms with Gasteiger partial charge >= 0.3 is 0 Å². The van der Waals surface area contributed by atoms with Crippen molar-refractivity contribution in [2.45, 2.75) is 32.6 Å². The van der Waals surface area contributed by atoms with Gasteiger partial charge in [0.2, 0.25) is 0 Å². The Morgan fingerprint density at radius 2 is 2.19 bits per heavy atom. The van der Waals surface area contributed by atoms with E-state index < -0.39 is 0 Å². The zero-order chi connectivity index (χ0) is 11.6. The van der Waals surface area contributed by atoms with E-state index in [9.17, 15) is 0 Å². The van der Waals surface area contributed by atoms with Gasteiger partial charge in [0.15, 0.2) is 0 Å². The summed E-state index contributed by atoms with van der Waals surface area (Å²) in [5.74, 6) is 0.888. The maximum atomic E-state index is 5.05. The van der Waals surface area contributed by atoms with Gasteiger partial charge in [-0.1, -0.05) is 6.92 Å². The van der Waals surface area contributed by atoms with Crippen molar-refractivity contribution in [2.75, 3.05) is 46.4 Å². The van der Waals surface area contributed by atoms with Gasteiger partial charge in [-0.05, 0) is 57.8 Å². The Labute approximate surface area is 101 Å². The highest BCUT2D eigenvalue weighted by Gasteiger charge is 2.20. The summed E-state index contributed by atoms with van der Waals surface area (Å²) in [5.41, 5.74) is 0. The summed E-state index contributed by atoms with van der Waals surface area (Å²) in [6.45, 7) is 9.31. The SMILES string of the molecule is CCNCC1CCN(CCCCCOC)C1. The standard InChI is InChI=1S/C13H28N2O/c1-3-14-11-13-7-9-15(12-13)8-5-4-6-10-16-2/h13-14H,3-12H2,1-2H3. The summed E-state index contributed by atoms with van der Waals surface area (Å²) >= 11 is 0. The van der Waals surface area contributed by atoms with Gasteiger partial charge in [0.05, 0.1) is 0 Å². The lowest BCUT2D eigenvalue weighted by Gasteiger charge is -2.15. The van der Waals surface area contributed by atoms with Crippen LogP contribution in [-0.4, -0.2) is 51.3 Å². The van der Waals surface area contributed by atoms with Gasteiger partial charge in [0.1, 0.15) is 0 Å². The molecule has 0 aromatic heterocycles. The second kappa shape index (κ2) is 8.97. The van der Waals surface area contributed by atoms with Crippen LogP contribution in [0.2, 0.25) is 0 Å². The van der Waals surface area contributed by atoms with Gasteiger partial charge in [0.25, 0.3) is 0 Å². The maximum Gasteiger partial charge on any atom is 0.0462 e. The maximum absolute atomic E-state index is 5.05. The van der Waals surface area contributed by atoms with Crippen molar-refractivity contribution in [3.63, 3.8) is 0 Å². The highest BCUT2D eigenvalue weighted by molar-refractivity contribution is 4.76. The number of nitrogens with one attached hydrogen (secondary N) is 1. The summed E-state index contributed by atoms with van der Waals surface area (Å²) < 4.78 is 5.05. The van der Waals surface area contributed by atoms with Crippen LogP contribution in [0.5, 0.6) is 0 Å². The Bertz CT molecular complexity index is 164. The molecule has 1 atom stereocenters. The molecule has 0 bridgehead atoms. The first-order valence-corrected chi connectivity index (χ1v) is 6.78. The summed E-state index contributed by atoms with van der Waals surface area (Å²) in [6.07, 6.45) is 5.23. The second-order valence-electron chi connectivity index (χ2n) is 4.82. The van der Waals surface area contributed by atoms with Crippen molar-refractivity contribution in [1.29, 1.82) is 0 Å². The van der Waals surface area contributed by atoms with Crippen LogP contribution in [0.1, 0.15) is 32.6 Å². The van der Waals surface area contributed by atoms with E-state index in [1.807, 2.05) is 0 Å². The molecule has 1 rings (SSSR count). The van der Waals surface area contributed by atoms with Crippen LogP contribution in [-0.2, 0) is 4.74 Å². The zero-order valence-electron chi connectivity index (χ0n) is 11.0. The average molecular weight is 228 g/mol. The zero-order valence-corrected chi connectivity index (χ0v) is 11.0. The molecular weight excluding hydrogens is 200 g/mol. The summed E-state index contributed by atoms with van der Waals surface area (Å²) in [6, 6.07) is 0. The predicted molar refractivity (Wildman–Crippen MR) is 68.8 cm³/mol. The van der Waals surface area contributed by atoms with E-state index >= 15 is 0 Å². The third kappa shape index (κ3) is 5.83. The van der Waals surface area contributed by atoms with Gasteiger partial charge in [-0.2, -0.15) is 0 Å². The summed E-state index contributed by atoms with van der Waals surface area (Å²) in [7, 11) is 1.78. The topological polar surface area (TPSA) is 24.5 Å². The lowest BCUT2D eigenvalue weighted by Crippen LogP contribution is -2.26. The number of hydrogen-bond acceptors (Lipinski definition) is 3. The van der Waals surface area contributed by atoms with Crippen LogP contribution in [0.15, 0.2) is 0 Å². The molecule has 0 amide bonds. The van der Waals surface area contributed by atoms with Crippen LogP contribution in [0.4, 0.5) is 0 Å². The van der Waals surface area contributed by atoms with Gasteiger partial charge in [0, 0.05) is 20.3 Å². The van der Waals surface area contributed by atoms with E-state index in [0.29, 0.717) is 0 Å². The average Bonchev–Trinajstić information content (AvgIpc) is 2.74. The van der Waals surface area contributed by atoms with Gasteiger partial charge < -0.3 is 15.0 Å². The smallest absolute Gasteiger partial charge is 0.0462 e. The van der Waals surface area contributed by atoms with Crippen molar-refractivity contribution < 1.29 is 4.74 Å². The first-order chi connectivity index (χ1) is 7.86. The van der Waals surface area contributed by atoms with Crippen molar-refractivity contribution >= 4 is 0 Å². The lowest BCUT2D eigenvalue weighted by atomic mass is 10.1. The fraction of sp³-hybridized carbons (Fsp3) is 1.00. The molecule has 0 aromatic rings. The fourth-order valence-electron chi connectivity index (χ4n) is 2.39. The molecule has 0 saturated carbocycles. The molecule has 1 fully saturated rings. The number of ether oxygens (including phenoxy) is 1. The van der Waals surface area contributed by atoms with E-state index in [0.717, 1.165) is 19.1 Å². The highest BCUT2D eigenvalue weighted by Crippen LogP contribution is 2.15. The quantitative estimate of drug-likeness (QED) is 0.608. The normalized spacial score (nSPS) is 21.8.